The lowest BCUT2D eigenvalue weighted by Crippen LogP contribution is -2.34. The average Bonchev–Trinajstić information content (AvgIpc) is 2.03. The molecular formula is C6H13N2O5P. The van der Waals surface area contributed by atoms with E-state index in [-0.39, 0.29) is 12.8 Å². The van der Waals surface area contributed by atoms with Crippen LogP contribution >= 0.6 is 7.60 Å². The van der Waals surface area contributed by atoms with Gasteiger partial charge in [-0.3, -0.25) is 14.2 Å². The topological polar surface area (TPSA) is 130 Å². The summed E-state index contributed by atoms with van der Waals surface area (Å²) in [5, 5.41) is 2.41. The molecule has 0 rings (SSSR count). The van der Waals surface area contributed by atoms with E-state index in [0.29, 0.717) is 0 Å². The summed E-state index contributed by atoms with van der Waals surface area (Å²) in [6.07, 6.45) is -0.118. The van der Waals surface area contributed by atoms with Gasteiger partial charge in [-0.25, -0.2) is 0 Å². The highest BCUT2D eigenvalue weighted by Gasteiger charge is 2.32. The minimum Gasteiger partial charge on any atom is -0.370 e. The summed E-state index contributed by atoms with van der Waals surface area (Å²) >= 11 is 0. The maximum Gasteiger partial charge on any atom is 0.393 e. The first-order valence-electron chi connectivity index (χ1n) is 3.84. The number of hydrogen-bond donors (Lipinski definition) is 4. The predicted octanol–water partition coefficient (Wildman–Crippen LogP) is -1.46. The van der Waals surface area contributed by atoms with Gasteiger partial charge in [0.15, 0.2) is 0 Å². The van der Waals surface area contributed by atoms with Crippen LogP contribution in [0.1, 0.15) is 12.8 Å². The highest BCUT2D eigenvalue weighted by atomic mass is 31.2. The molecule has 0 aliphatic heterocycles. The van der Waals surface area contributed by atoms with Crippen LogP contribution in [-0.4, -0.2) is 34.3 Å². The van der Waals surface area contributed by atoms with Gasteiger partial charge in [-0.15, -0.1) is 0 Å². The van der Waals surface area contributed by atoms with Gasteiger partial charge in [0.2, 0.25) is 5.91 Å². The van der Waals surface area contributed by atoms with Crippen molar-refractivity contribution < 1.29 is 23.9 Å². The van der Waals surface area contributed by atoms with Crippen molar-refractivity contribution in [2.24, 2.45) is 5.73 Å². The van der Waals surface area contributed by atoms with Crippen molar-refractivity contribution >= 4 is 19.0 Å². The van der Waals surface area contributed by atoms with E-state index in [1.807, 2.05) is 0 Å². The number of amides is 1. The van der Waals surface area contributed by atoms with Gasteiger partial charge < -0.3 is 20.8 Å². The molecular weight excluding hydrogens is 211 g/mol. The van der Waals surface area contributed by atoms with Crippen LogP contribution < -0.4 is 11.1 Å². The molecule has 7 nitrogen and oxygen atoms in total. The fourth-order valence-electron chi connectivity index (χ4n) is 0.881. The molecule has 5 N–H and O–H groups in total. The minimum absolute atomic E-state index is 0.0181. The Labute approximate surface area is 80.8 Å². The maximum absolute atomic E-state index is 11.0. The molecule has 1 amide bonds. The number of hydrogen-bond acceptors (Lipinski definition) is 4. The third kappa shape index (κ3) is 4.48. The zero-order valence-corrected chi connectivity index (χ0v) is 8.53. The number of likely N-dealkylation sites (N-methyl/N-ethyl adjacent to an activating group) is 1. The normalized spacial score (nSPS) is 13.6. The summed E-state index contributed by atoms with van der Waals surface area (Å²) in [6.45, 7) is 0. The van der Waals surface area contributed by atoms with Crippen molar-refractivity contribution in [2.45, 2.75) is 18.9 Å². The molecule has 0 radical (unpaired) electrons. The lowest BCUT2D eigenvalue weighted by atomic mass is 10.2. The molecule has 82 valence electrons. The second kappa shape index (κ2) is 5.21. The van der Waals surface area contributed by atoms with Crippen LogP contribution in [0.5, 0.6) is 0 Å². The van der Waals surface area contributed by atoms with Crippen LogP contribution in [0.2, 0.25) is 0 Å². The zero-order valence-electron chi connectivity index (χ0n) is 7.64. The van der Waals surface area contributed by atoms with Gasteiger partial charge in [-0.2, -0.15) is 0 Å². The lowest BCUT2D eigenvalue weighted by molar-refractivity contribution is -0.118. The SMILES string of the molecule is CN[C@@H](CCC(N)=O)C(=O)P(=O)(O)O. The Hall–Kier alpha value is -0.750. The van der Waals surface area contributed by atoms with Gasteiger partial charge in [-0.05, 0) is 13.5 Å². The fraction of sp³-hybridized carbons (Fsp3) is 0.667. The summed E-state index contributed by atoms with van der Waals surface area (Å²) in [4.78, 5) is 38.5. The Kier molecular flexibility index (Phi) is 4.93. The molecule has 0 aliphatic carbocycles. The summed E-state index contributed by atoms with van der Waals surface area (Å²) < 4.78 is 10.6. The maximum atomic E-state index is 11.0. The number of carbonyl (C=O) groups is 2. The molecule has 0 bridgehead atoms. The van der Waals surface area contributed by atoms with Crippen molar-refractivity contribution in [3.8, 4) is 0 Å². The Morgan fingerprint density at radius 2 is 2.00 bits per heavy atom. The number of primary amides is 1. The highest BCUT2D eigenvalue weighted by Crippen LogP contribution is 2.37. The molecule has 0 saturated carbocycles. The monoisotopic (exact) mass is 224 g/mol. The highest BCUT2D eigenvalue weighted by molar-refractivity contribution is 7.70. The van der Waals surface area contributed by atoms with Crippen LogP contribution in [0.15, 0.2) is 0 Å². The van der Waals surface area contributed by atoms with E-state index in [1.165, 1.54) is 7.05 Å². The molecule has 0 saturated heterocycles. The number of carbonyl (C=O) groups excluding carboxylic acids is 2. The molecule has 0 fully saturated rings. The predicted molar refractivity (Wildman–Crippen MR) is 48.3 cm³/mol. The third-order valence-corrected chi connectivity index (χ3v) is 2.50. The molecule has 0 aromatic carbocycles. The number of nitrogens with two attached hydrogens (primary N) is 1. The van der Waals surface area contributed by atoms with Crippen molar-refractivity contribution in [1.82, 2.24) is 5.32 Å². The Morgan fingerprint density at radius 3 is 2.29 bits per heavy atom. The molecule has 0 spiro atoms. The first kappa shape index (κ1) is 13.2. The molecule has 8 heteroatoms. The van der Waals surface area contributed by atoms with Gasteiger partial charge in [0.1, 0.15) is 0 Å². The van der Waals surface area contributed by atoms with Gasteiger partial charge in [0.05, 0.1) is 6.04 Å². The van der Waals surface area contributed by atoms with E-state index >= 15 is 0 Å². The molecule has 1 atom stereocenters. The molecule has 0 aromatic heterocycles. The van der Waals surface area contributed by atoms with Gasteiger partial charge in [0, 0.05) is 6.42 Å². The zero-order chi connectivity index (χ0) is 11.4. The molecule has 0 aliphatic rings. The second-order valence-corrected chi connectivity index (χ2v) is 4.26. The van der Waals surface area contributed by atoms with Crippen LogP contribution in [-0.2, 0) is 14.2 Å². The van der Waals surface area contributed by atoms with Gasteiger partial charge >= 0.3 is 7.60 Å². The Bertz CT molecular complexity index is 273. The minimum atomic E-state index is -4.74. The first-order chi connectivity index (χ1) is 6.29. The largest absolute Gasteiger partial charge is 0.393 e. The second-order valence-electron chi connectivity index (χ2n) is 2.73. The van der Waals surface area contributed by atoms with E-state index in [4.69, 9.17) is 15.5 Å². The molecule has 0 heterocycles. The summed E-state index contributed by atoms with van der Waals surface area (Å²) in [6, 6.07) is -1.04. The molecule has 0 aromatic rings. The van der Waals surface area contributed by atoms with E-state index in [1.54, 1.807) is 0 Å². The summed E-state index contributed by atoms with van der Waals surface area (Å²) in [5.41, 5.74) is 3.61. The molecule has 14 heavy (non-hydrogen) atoms. The molecule has 0 unspecified atom stereocenters. The van der Waals surface area contributed by atoms with Crippen LogP contribution in [0.4, 0.5) is 0 Å². The smallest absolute Gasteiger partial charge is 0.370 e. The van der Waals surface area contributed by atoms with Crippen LogP contribution in [0, 0.1) is 0 Å². The van der Waals surface area contributed by atoms with Crippen molar-refractivity contribution in [2.75, 3.05) is 7.05 Å². The summed E-state index contributed by atoms with van der Waals surface area (Å²) in [7, 11) is -3.37. The van der Waals surface area contributed by atoms with E-state index in [2.05, 4.69) is 5.32 Å². The van der Waals surface area contributed by atoms with Crippen LogP contribution in [0.25, 0.3) is 0 Å². The van der Waals surface area contributed by atoms with Crippen molar-refractivity contribution in [1.29, 1.82) is 0 Å². The summed E-state index contributed by atoms with van der Waals surface area (Å²) in [5.74, 6) is -0.622. The first-order valence-corrected chi connectivity index (χ1v) is 5.45. The number of nitrogens with one attached hydrogen (secondary N) is 1. The fourth-order valence-corrected chi connectivity index (χ4v) is 1.55. The van der Waals surface area contributed by atoms with E-state index in [0.717, 1.165) is 0 Å². The van der Waals surface area contributed by atoms with Gasteiger partial charge in [-0.1, -0.05) is 0 Å². The van der Waals surface area contributed by atoms with Gasteiger partial charge in [0.25, 0.3) is 5.52 Å². The quantitative estimate of drug-likeness (QED) is 0.408. The lowest BCUT2D eigenvalue weighted by Gasteiger charge is -2.14. The van der Waals surface area contributed by atoms with Crippen molar-refractivity contribution in [3.05, 3.63) is 0 Å². The third-order valence-electron chi connectivity index (χ3n) is 1.61. The standard InChI is InChI=1S/C6H13N2O5P/c1-8-4(2-3-5(7)9)6(10)14(11,12)13/h4,8H,2-3H2,1H3,(H2,7,9)(H2,11,12,13)/t4-/m0/s1. The van der Waals surface area contributed by atoms with Crippen molar-refractivity contribution in [3.63, 3.8) is 0 Å². The Balaban J connectivity index is 4.35. The Morgan fingerprint density at radius 1 is 1.50 bits per heavy atom. The van der Waals surface area contributed by atoms with Crippen LogP contribution in [0.3, 0.4) is 0 Å². The number of rotatable bonds is 6. The van der Waals surface area contributed by atoms with E-state index < -0.39 is 25.1 Å². The van der Waals surface area contributed by atoms with E-state index in [9.17, 15) is 14.2 Å². The average molecular weight is 224 g/mol.